The van der Waals surface area contributed by atoms with Crippen molar-refractivity contribution in [2.75, 3.05) is 5.75 Å². The second-order valence-electron chi connectivity index (χ2n) is 8.51. The van der Waals surface area contributed by atoms with Gasteiger partial charge in [0.15, 0.2) is 0 Å². The predicted octanol–water partition coefficient (Wildman–Crippen LogP) is 5.75. The van der Waals surface area contributed by atoms with Gasteiger partial charge in [-0.25, -0.2) is 0 Å². The Balaban J connectivity index is 1.71. The van der Waals surface area contributed by atoms with Crippen molar-refractivity contribution in [2.45, 2.75) is 70.3 Å². The van der Waals surface area contributed by atoms with Crippen molar-refractivity contribution in [3.8, 4) is 0 Å². The molecule has 0 aromatic heterocycles. The molecular weight excluding hydrogens is 440 g/mol. The first-order valence-corrected chi connectivity index (χ1v) is 13.0. The largest absolute Gasteiger partial charge is 0.352 e. The standard InChI is InChI=1S/C26H33ClN2O2S/c1-3-24(26(31)28-22-12-5-6-13-22)29(16-20-10-8-9-19(2)15-20)25(30)18-32-17-21-11-4-7-14-23(21)27/h4,7-11,14-15,22,24H,3,5-6,12-13,16-18H2,1-2H3,(H,28,31)/t24-/m1/s1. The van der Waals surface area contributed by atoms with Crippen molar-refractivity contribution in [1.29, 1.82) is 0 Å². The minimum Gasteiger partial charge on any atom is -0.352 e. The van der Waals surface area contributed by atoms with E-state index < -0.39 is 6.04 Å². The third kappa shape index (κ3) is 7.01. The van der Waals surface area contributed by atoms with Gasteiger partial charge < -0.3 is 10.2 Å². The monoisotopic (exact) mass is 472 g/mol. The highest BCUT2D eigenvalue weighted by molar-refractivity contribution is 7.99. The maximum atomic E-state index is 13.3. The molecule has 0 bridgehead atoms. The fraction of sp³-hybridized carbons (Fsp3) is 0.462. The number of aryl methyl sites for hydroxylation is 1. The van der Waals surface area contributed by atoms with Crippen LogP contribution in [0.2, 0.25) is 5.02 Å². The number of thioether (sulfide) groups is 1. The number of carbonyl (C=O) groups is 2. The van der Waals surface area contributed by atoms with Crippen molar-refractivity contribution in [1.82, 2.24) is 10.2 Å². The number of halogens is 1. The molecule has 172 valence electrons. The van der Waals surface area contributed by atoms with Crippen LogP contribution in [-0.2, 0) is 21.9 Å². The Morgan fingerprint density at radius 1 is 1.16 bits per heavy atom. The summed E-state index contributed by atoms with van der Waals surface area (Å²) in [6.45, 7) is 4.45. The first kappa shape index (κ1) is 24.7. The summed E-state index contributed by atoms with van der Waals surface area (Å²) < 4.78 is 0. The summed E-state index contributed by atoms with van der Waals surface area (Å²) in [6, 6.07) is 15.6. The van der Waals surface area contributed by atoms with Crippen LogP contribution >= 0.6 is 23.4 Å². The van der Waals surface area contributed by atoms with E-state index in [1.807, 2.05) is 56.3 Å². The first-order valence-electron chi connectivity index (χ1n) is 11.4. The Bertz CT molecular complexity index is 914. The van der Waals surface area contributed by atoms with Gasteiger partial charge in [-0.15, -0.1) is 11.8 Å². The molecule has 2 aromatic carbocycles. The molecule has 0 radical (unpaired) electrons. The van der Waals surface area contributed by atoms with Gasteiger partial charge in [-0.3, -0.25) is 9.59 Å². The van der Waals surface area contributed by atoms with E-state index in [0.717, 1.165) is 42.4 Å². The second kappa shape index (κ2) is 12.3. The molecule has 0 aliphatic heterocycles. The van der Waals surface area contributed by atoms with E-state index in [1.54, 1.807) is 4.90 Å². The van der Waals surface area contributed by atoms with E-state index >= 15 is 0 Å². The Morgan fingerprint density at radius 3 is 2.59 bits per heavy atom. The highest BCUT2D eigenvalue weighted by atomic mass is 35.5. The molecule has 0 unspecified atom stereocenters. The van der Waals surface area contributed by atoms with Crippen LogP contribution in [0.5, 0.6) is 0 Å². The maximum absolute atomic E-state index is 13.3. The molecule has 4 nitrogen and oxygen atoms in total. The SMILES string of the molecule is CC[C@H](C(=O)NC1CCCC1)N(Cc1cccc(C)c1)C(=O)CSCc1ccccc1Cl. The van der Waals surface area contributed by atoms with Crippen LogP contribution in [-0.4, -0.2) is 34.6 Å². The number of nitrogens with one attached hydrogen (secondary N) is 1. The molecule has 6 heteroatoms. The number of hydrogen-bond acceptors (Lipinski definition) is 3. The number of nitrogens with zero attached hydrogens (tertiary/aromatic N) is 1. The highest BCUT2D eigenvalue weighted by Crippen LogP contribution is 2.23. The van der Waals surface area contributed by atoms with Crippen LogP contribution in [0.3, 0.4) is 0 Å². The normalized spacial score (nSPS) is 14.8. The van der Waals surface area contributed by atoms with Gasteiger partial charge >= 0.3 is 0 Å². The van der Waals surface area contributed by atoms with Crippen LogP contribution < -0.4 is 5.32 Å². The molecule has 1 aliphatic rings. The van der Waals surface area contributed by atoms with Crippen molar-refractivity contribution >= 4 is 35.2 Å². The van der Waals surface area contributed by atoms with Gasteiger partial charge in [-0.1, -0.05) is 79.4 Å². The lowest BCUT2D eigenvalue weighted by atomic mass is 10.1. The lowest BCUT2D eigenvalue weighted by Crippen LogP contribution is -2.51. The van der Waals surface area contributed by atoms with Gasteiger partial charge in [0, 0.05) is 23.4 Å². The molecule has 1 aliphatic carbocycles. The zero-order valence-corrected chi connectivity index (χ0v) is 20.6. The average Bonchev–Trinajstić information content (AvgIpc) is 3.28. The summed E-state index contributed by atoms with van der Waals surface area (Å²) in [5.74, 6) is 0.924. The molecule has 2 aromatic rings. The summed E-state index contributed by atoms with van der Waals surface area (Å²) in [5, 5.41) is 3.91. The second-order valence-corrected chi connectivity index (χ2v) is 9.90. The molecule has 0 saturated heterocycles. The summed E-state index contributed by atoms with van der Waals surface area (Å²) in [7, 11) is 0. The number of hydrogen-bond donors (Lipinski definition) is 1. The van der Waals surface area contributed by atoms with Crippen molar-refractivity contribution in [3.05, 3.63) is 70.2 Å². The number of rotatable bonds is 10. The number of carbonyl (C=O) groups excluding carboxylic acids is 2. The quantitative estimate of drug-likeness (QED) is 0.479. The molecule has 0 spiro atoms. The summed E-state index contributed by atoms with van der Waals surface area (Å²) in [6.07, 6.45) is 4.97. The van der Waals surface area contributed by atoms with Crippen LogP contribution in [0.1, 0.15) is 55.7 Å². The minimum absolute atomic E-state index is 0.0167. The average molecular weight is 473 g/mol. The third-order valence-electron chi connectivity index (χ3n) is 5.96. The van der Waals surface area contributed by atoms with Crippen molar-refractivity contribution in [3.63, 3.8) is 0 Å². The lowest BCUT2D eigenvalue weighted by molar-refractivity contribution is -0.139. The Morgan fingerprint density at radius 2 is 1.91 bits per heavy atom. The van der Waals surface area contributed by atoms with Gasteiger partial charge in [0.25, 0.3) is 0 Å². The first-order chi connectivity index (χ1) is 15.5. The van der Waals surface area contributed by atoms with Crippen molar-refractivity contribution in [2.24, 2.45) is 0 Å². The smallest absolute Gasteiger partial charge is 0.243 e. The topological polar surface area (TPSA) is 49.4 Å². The molecule has 1 atom stereocenters. The lowest BCUT2D eigenvalue weighted by Gasteiger charge is -2.31. The fourth-order valence-electron chi connectivity index (χ4n) is 4.24. The van der Waals surface area contributed by atoms with E-state index in [1.165, 1.54) is 11.8 Å². The van der Waals surface area contributed by atoms with E-state index in [4.69, 9.17) is 11.6 Å². The Hall–Kier alpha value is -1.98. The van der Waals surface area contributed by atoms with Gasteiger partial charge in [-0.05, 0) is 43.4 Å². The minimum atomic E-state index is -0.468. The van der Waals surface area contributed by atoms with Crippen LogP contribution in [0.4, 0.5) is 0 Å². The maximum Gasteiger partial charge on any atom is 0.243 e. The molecular formula is C26H33ClN2O2S. The predicted molar refractivity (Wildman–Crippen MR) is 134 cm³/mol. The van der Waals surface area contributed by atoms with Crippen LogP contribution in [0, 0.1) is 6.92 Å². The fourth-order valence-corrected chi connectivity index (χ4v) is 5.44. The zero-order chi connectivity index (χ0) is 22.9. The molecule has 2 amide bonds. The van der Waals surface area contributed by atoms with Gasteiger partial charge in [0.2, 0.25) is 11.8 Å². The molecule has 1 fully saturated rings. The molecule has 32 heavy (non-hydrogen) atoms. The summed E-state index contributed by atoms with van der Waals surface area (Å²) >= 11 is 7.79. The Kier molecular flexibility index (Phi) is 9.49. The summed E-state index contributed by atoms with van der Waals surface area (Å²) in [5.41, 5.74) is 3.20. The highest BCUT2D eigenvalue weighted by Gasteiger charge is 2.30. The van der Waals surface area contributed by atoms with Crippen molar-refractivity contribution < 1.29 is 9.59 Å². The van der Waals surface area contributed by atoms with E-state index in [9.17, 15) is 9.59 Å². The van der Waals surface area contributed by atoms with Gasteiger partial charge in [0.1, 0.15) is 6.04 Å². The van der Waals surface area contributed by atoms with Crippen LogP contribution in [0.15, 0.2) is 48.5 Å². The number of amides is 2. The zero-order valence-electron chi connectivity index (χ0n) is 19.0. The molecule has 1 saturated carbocycles. The Labute approximate surface area is 201 Å². The van der Waals surface area contributed by atoms with E-state index in [0.29, 0.717) is 29.5 Å². The van der Waals surface area contributed by atoms with E-state index in [2.05, 4.69) is 11.4 Å². The molecule has 3 rings (SSSR count). The summed E-state index contributed by atoms with van der Waals surface area (Å²) in [4.78, 5) is 28.2. The number of benzene rings is 2. The van der Waals surface area contributed by atoms with Crippen LogP contribution in [0.25, 0.3) is 0 Å². The molecule has 0 heterocycles. The molecule has 1 N–H and O–H groups in total. The third-order valence-corrected chi connectivity index (χ3v) is 7.30. The van der Waals surface area contributed by atoms with Gasteiger partial charge in [-0.2, -0.15) is 0 Å². The van der Waals surface area contributed by atoms with E-state index in [-0.39, 0.29) is 17.9 Å². The van der Waals surface area contributed by atoms with Gasteiger partial charge in [0.05, 0.1) is 5.75 Å².